The third-order valence-corrected chi connectivity index (χ3v) is 3.25. The van der Waals surface area contributed by atoms with Gasteiger partial charge in [-0.3, -0.25) is 4.79 Å². The number of nitrogens with zero attached hydrogens (tertiary/aromatic N) is 2. The second-order valence-corrected chi connectivity index (χ2v) is 5.53. The summed E-state index contributed by atoms with van der Waals surface area (Å²) in [7, 11) is 0. The summed E-state index contributed by atoms with van der Waals surface area (Å²) in [5.41, 5.74) is 7.72. The molecule has 0 aliphatic heterocycles. The summed E-state index contributed by atoms with van der Waals surface area (Å²) in [5, 5.41) is 3.19. The Hall–Kier alpha value is -2.14. The van der Waals surface area contributed by atoms with Crippen molar-refractivity contribution in [1.29, 1.82) is 0 Å². The SMILES string of the molecule is Cc1ccc(NC(=O)c2nc(C(C)C)ncc2N)c(Cl)c1. The molecule has 5 nitrogen and oxygen atoms in total. The number of nitrogens with one attached hydrogen (secondary N) is 1. The molecular formula is C15H17ClN4O. The molecule has 0 saturated carbocycles. The molecule has 3 N–H and O–H groups in total. The van der Waals surface area contributed by atoms with E-state index in [0.29, 0.717) is 16.5 Å². The number of anilines is 2. The molecule has 1 aromatic carbocycles. The zero-order valence-electron chi connectivity index (χ0n) is 12.1. The van der Waals surface area contributed by atoms with E-state index in [9.17, 15) is 4.79 Å². The van der Waals surface area contributed by atoms with Crippen molar-refractivity contribution in [3.8, 4) is 0 Å². The van der Waals surface area contributed by atoms with E-state index in [2.05, 4.69) is 15.3 Å². The molecule has 0 unspecified atom stereocenters. The lowest BCUT2D eigenvalue weighted by Crippen LogP contribution is -2.18. The lowest BCUT2D eigenvalue weighted by Gasteiger charge is -2.11. The van der Waals surface area contributed by atoms with Crippen molar-refractivity contribution >= 4 is 28.9 Å². The van der Waals surface area contributed by atoms with Gasteiger partial charge in [-0.25, -0.2) is 9.97 Å². The van der Waals surface area contributed by atoms with Gasteiger partial charge in [0.25, 0.3) is 5.91 Å². The van der Waals surface area contributed by atoms with Gasteiger partial charge in [-0.15, -0.1) is 0 Å². The van der Waals surface area contributed by atoms with Crippen LogP contribution in [0.5, 0.6) is 0 Å². The molecule has 1 heterocycles. The molecule has 1 aromatic heterocycles. The molecule has 2 aromatic rings. The van der Waals surface area contributed by atoms with Crippen molar-refractivity contribution in [1.82, 2.24) is 9.97 Å². The van der Waals surface area contributed by atoms with E-state index in [1.165, 1.54) is 6.20 Å². The zero-order chi connectivity index (χ0) is 15.6. The Labute approximate surface area is 128 Å². The van der Waals surface area contributed by atoms with Gasteiger partial charge < -0.3 is 11.1 Å². The van der Waals surface area contributed by atoms with Crippen LogP contribution in [-0.2, 0) is 0 Å². The molecule has 0 aliphatic carbocycles. The number of aromatic nitrogens is 2. The lowest BCUT2D eigenvalue weighted by molar-refractivity contribution is 0.102. The van der Waals surface area contributed by atoms with E-state index in [1.54, 1.807) is 12.1 Å². The predicted octanol–water partition coefficient (Wildman–Crippen LogP) is 3.40. The number of nitrogen functional groups attached to an aromatic ring is 1. The van der Waals surface area contributed by atoms with E-state index in [1.807, 2.05) is 26.8 Å². The number of carbonyl (C=O) groups is 1. The first-order valence-electron chi connectivity index (χ1n) is 6.58. The van der Waals surface area contributed by atoms with Gasteiger partial charge in [0.1, 0.15) is 5.82 Å². The molecule has 6 heteroatoms. The minimum atomic E-state index is -0.400. The Morgan fingerprint density at radius 3 is 2.71 bits per heavy atom. The highest BCUT2D eigenvalue weighted by molar-refractivity contribution is 6.34. The minimum absolute atomic E-state index is 0.111. The number of amides is 1. The summed E-state index contributed by atoms with van der Waals surface area (Å²) in [6.45, 7) is 5.82. The largest absolute Gasteiger partial charge is 0.396 e. The second kappa shape index (κ2) is 6.10. The highest BCUT2D eigenvalue weighted by Crippen LogP contribution is 2.24. The minimum Gasteiger partial charge on any atom is -0.396 e. The molecule has 1 amide bonds. The van der Waals surface area contributed by atoms with Crippen LogP contribution in [0, 0.1) is 6.92 Å². The lowest BCUT2D eigenvalue weighted by atomic mass is 10.2. The maximum absolute atomic E-state index is 12.3. The van der Waals surface area contributed by atoms with Gasteiger partial charge >= 0.3 is 0 Å². The predicted molar refractivity (Wildman–Crippen MR) is 84.7 cm³/mol. The van der Waals surface area contributed by atoms with Crippen LogP contribution in [0.4, 0.5) is 11.4 Å². The van der Waals surface area contributed by atoms with Gasteiger partial charge in [-0.1, -0.05) is 31.5 Å². The fourth-order valence-electron chi connectivity index (χ4n) is 1.77. The Bertz CT molecular complexity index is 685. The molecule has 21 heavy (non-hydrogen) atoms. The van der Waals surface area contributed by atoms with Crippen molar-refractivity contribution in [2.45, 2.75) is 26.7 Å². The van der Waals surface area contributed by atoms with E-state index in [0.717, 1.165) is 5.56 Å². The standard InChI is InChI=1S/C15H17ClN4O/c1-8(2)14-18-7-11(17)13(20-14)15(21)19-12-5-4-9(3)6-10(12)16/h4-8H,17H2,1-3H3,(H,19,21). The molecule has 0 spiro atoms. The van der Waals surface area contributed by atoms with Crippen molar-refractivity contribution in [2.75, 3.05) is 11.1 Å². The van der Waals surface area contributed by atoms with Crippen LogP contribution in [-0.4, -0.2) is 15.9 Å². The molecule has 0 saturated heterocycles. The Morgan fingerprint density at radius 2 is 2.10 bits per heavy atom. The quantitative estimate of drug-likeness (QED) is 0.910. The van der Waals surface area contributed by atoms with E-state index < -0.39 is 5.91 Å². The number of halogens is 1. The molecule has 0 bridgehead atoms. The monoisotopic (exact) mass is 304 g/mol. The average Bonchev–Trinajstić information content (AvgIpc) is 2.42. The maximum Gasteiger partial charge on any atom is 0.276 e. The van der Waals surface area contributed by atoms with Crippen LogP contribution in [0.3, 0.4) is 0 Å². The highest BCUT2D eigenvalue weighted by atomic mass is 35.5. The summed E-state index contributed by atoms with van der Waals surface area (Å²) >= 11 is 6.10. The van der Waals surface area contributed by atoms with Crippen LogP contribution in [0.15, 0.2) is 24.4 Å². The fourth-order valence-corrected chi connectivity index (χ4v) is 2.05. The number of nitrogens with two attached hydrogens (primary N) is 1. The number of rotatable bonds is 3. The van der Waals surface area contributed by atoms with Crippen LogP contribution in [0.25, 0.3) is 0 Å². The number of carbonyl (C=O) groups excluding carboxylic acids is 1. The van der Waals surface area contributed by atoms with Crippen molar-refractivity contribution in [2.24, 2.45) is 0 Å². The van der Waals surface area contributed by atoms with Crippen LogP contribution < -0.4 is 11.1 Å². The molecule has 0 aliphatic rings. The van der Waals surface area contributed by atoms with Crippen LogP contribution in [0.2, 0.25) is 5.02 Å². The Balaban J connectivity index is 2.30. The number of benzene rings is 1. The zero-order valence-corrected chi connectivity index (χ0v) is 12.9. The average molecular weight is 305 g/mol. The van der Waals surface area contributed by atoms with E-state index >= 15 is 0 Å². The molecule has 2 rings (SSSR count). The Kier molecular flexibility index (Phi) is 4.43. The van der Waals surface area contributed by atoms with Gasteiger partial charge in [0.15, 0.2) is 5.69 Å². The third-order valence-electron chi connectivity index (χ3n) is 2.94. The number of aryl methyl sites for hydroxylation is 1. The van der Waals surface area contributed by atoms with E-state index in [4.69, 9.17) is 17.3 Å². The smallest absolute Gasteiger partial charge is 0.276 e. The molecular weight excluding hydrogens is 288 g/mol. The van der Waals surface area contributed by atoms with Crippen molar-refractivity contribution in [3.63, 3.8) is 0 Å². The highest BCUT2D eigenvalue weighted by Gasteiger charge is 2.16. The van der Waals surface area contributed by atoms with Gasteiger partial charge in [-0.05, 0) is 24.6 Å². The topological polar surface area (TPSA) is 80.9 Å². The summed E-state index contributed by atoms with van der Waals surface area (Å²) in [6, 6.07) is 5.39. The normalized spacial score (nSPS) is 10.7. The van der Waals surface area contributed by atoms with Gasteiger partial charge in [0, 0.05) is 5.92 Å². The maximum atomic E-state index is 12.3. The second-order valence-electron chi connectivity index (χ2n) is 5.12. The fraction of sp³-hybridized carbons (Fsp3) is 0.267. The van der Waals surface area contributed by atoms with Gasteiger partial charge in [-0.2, -0.15) is 0 Å². The first kappa shape index (κ1) is 15.3. The van der Waals surface area contributed by atoms with Crippen LogP contribution in [0.1, 0.15) is 41.6 Å². The molecule has 0 radical (unpaired) electrons. The van der Waals surface area contributed by atoms with Crippen LogP contribution >= 0.6 is 11.6 Å². The summed E-state index contributed by atoms with van der Waals surface area (Å²) in [6.07, 6.45) is 1.45. The Morgan fingerprint density at radius 1 is 1.38 bits per heavy atom. The van der Waals surface area contributed by atoms with Gasteiger partial charge in [0.2, 0.25) is 0 Å². The summed E-state index contributed by atoms with van der Waals surface area (Å²) in [4.78, 5) is 20.6. The third kappa shape index (κ3) is 3.49. The van der Waals surface area contributed by atoms with E-state index in [-0.39, 0.29) is 17.3 Å². The molecule has 110 valence electrons. The van der Waals surface area contributed by atoms with Gasteiger partial charge in [0.05, 0.1) is 22.6 Å². The van der Waals surface area contributed by atoms with Crippen molar-refractivity contribution < 1.29 is 4.79 Å². The first-order valence-corrected chi connectivity index (χ1v) is 6.96. The summed E-state index contributed by atoms with van der Waals surface area (Å²) in [5.74, 6) is 0.284. The number of hydrogen-bond acceptors (Lipinski definition) is 4. The number of hydrogen-bond donors (Lipinski definition) is 2. The molecule has 0 atom stereocenters. The first-order chi connectivity index (χ1) is 9.88. The molecule has 0 fully saturated rings. The summed E-state index contributed by atoms with van der Waals surface area (Å²) < 4.78 is 0. The van der Waals surface area contributed by atoms with Crippen molar-refractivity contribution in [3.05, 3.63) is 46.5 Å².